The van der Waals surface area contributed by atoms with Crippen molar-refractivity contribution in [3.05, 3.63) is 38.3 Å². The number of ether oxygens (including phenoxy) is 3. The zero-order chi connectivity index (χ0) is 22.4. The molecule has 30 heavy (non-hydrogen) atoms. The molecule has 1 amide bonds. The largest absolute Gasteiger partial charge is 0.491 e. The molecule has 0 unspecified atom stereocenters. The molecule has 1 heterocycles. The number of amides is 1. The van der Waals surface area contributed by atoms with Gasteiger partial charge in [-0.1, -0.05) is 35.0 Å². The highest BCUT2D eigenvalue weighted by Crippen LogP contribution is 2.44. The number of nitrogens with zero attached hydrogens (tertiary/aromatic N) is 1. The number of halogens is 2. The number of hydrogen-bond donors (Lipinski definition) is 1. The van der Waals surface area contributed by atoms with Crippen molar-refractivity contribution in [2.45, 2.75) is 12.8 Å². The maximum Gasteiger partial charge on any atom is 0.319 e. The smallest absolute Gasteiger partial charge is 0.319 e. The molecule has 1 aliphatic heterocycles. The van der Waals surface area contributed by atoms with Crippen molar-refractivity contribution in [3.63, 3.8) is 0 Å². The lowest BCUT2D eigenvalue weighted by atomic mass is 9.78. The Morgan fingerprint density at radius 2 is 1.87 bits per heavy atom. The molecule has 11 heteroatoms. The first-order valence-electron chi connectivity index (χ1n) is 8.63. The minimum atomic E-state index is -1.35. The van der Waals surface area contributed by atoms with Gasteiger partial charge in [0, 0.05) is 5.92 Å². The van der Waals surface area contributed by atoms with E-state index in [1.165, 1.54) is 19.2 Å². The molecule has 8 nitrogen and oxygen atoms in total. The average molecular weight is 473 g/mol. The molecular formula is C19H18Cl2N2O6S. The molecule has 0 spiro atoms. The average Bonchev–Trinajstić information content (AvgIpc) is 2.73. The molecule has 160 valence electrons. The van der Waals surface area contributed by atoms with E-state index in [4.69, 9.17) is 32.7 Å². The highest BCUT2D eigenvalue weighted by molar-refractivity contribution is 8.03. The number of allylic oxidation sites excluding steroid dienone is 1. The van der Waals surface area contributed by atoms with E-state index in [9.17, 15) is 19.6 Å². The number of carbonyl (C=O) groups excluding carboxylic acids is 3. The van der Waals surface area contributed by atoms with Crippen LogP contribution in [0.4, 0.5) is 0 Å². The van der Waals surface area contributed by atoms with Gasteiger partial charge in [0.15, 0.2) is 5.75 Å². The Labute approximate surface area is 187 Å². The van der Waals surface area contributed by atoms with Crippen molar-refractivity contribution in [2.24, 2.45) is 5.92 Å². The van der Waals surface area contributed by atoms with Gasteiger partial charge >= 0.3 is 11.9 Å². The van der Waals surface area contributed by atoms with Crippen LogP contribution in [0.15, 0.2) is 22.7 Å². The summed E-state index contributed by atoms with van der Waals surface area (Å²) in [6, 6.07) is 4.99. The number of carbonyl (C=O) groups is 3. The first-order valence-corrected chi connectivity index (χ1v) is 10.4. The third-order valence-electron chi connectivity index (χ3n) is 4.21. The fourth-order valence-corrected chi connectivity index (χ4v) is 4.40. The number of hydrogen-bond acceptors (Lipinski definition) is 8. The molecule has 2 rings (SSSR count). The second-order valence-corrected chi connectivity index (χ2v) is 7.73. The van der Waals surface area contributed by atoms with Gasteiger partial charge in [-0.15, -0.1) is 0 Å². The molecule has 0 saturated carbocycles. The van der Waals surface area contributed by atoms with Crippen LogP contribution >= 0.6 is 35.0 Å². The summed E-state index contributed by atoms with van der Waals surface area (Å²) < 4.78 is 14.8. The summed E-state index contributed by atoms with van der Waals surface area (Å²) in [6.07, 6.45) is 0. The van der Waals surface area contributed by atoms with Crippen molar-refractivity contribution in [1.82, 2.24) is 5.32 Å². The molecule has 0 radical (unpaired) electrons. The predicted octanol–water partition coefficient (Wildman–Crippen LogP) is 3.04. The van der Waals surface area contributed by atoms with Crippen LogP contribution < -0.4 is 10.1 Å². The van der Waals surface area contributed by atoms with Crippen molar-refractivity contribution in [2.75, 3.05) is 26.6 Å². The van der Waals surface area contributed by atoms with Gasteiger partial charge in [-0.3, -0.25) is 14.4 Å². The Morgan fingerprint density at radius 3 is 2.37 bits per heavy atom. The summed E-state index contributed by atoms with van der Waals surface area (Å²) in [7, 11) is 2.37. The van der Waals surface area contributed by atoms with Crippen LogP contribution in [0, 0.1) is 17.2 Å². The lowest BCUT2D eigenvalue weighted by molar-refractivity contribution is -0.150. The van der Waals surface area contributed by atoms with Crippen molar-refractivity contribution in [3.8, 4) is 11.8 Å². The van der Waals surface area contributed by atoms with Gasteiger partial charge in [-0.25, -0.2) is 0 Å². The Balaban J connectivity index is 2.64. The lowest BCUT2D eigenvalue weighted by Gasteiger charge is -2.31. The molecule has 0 bridgehead atoms. The van der Waals surface area contributed by atoms with Gasteiger partial charge in [0.1, 0.15) is 5.92 Å². The third kappa shape index (κ3) is 5.01. The highest BCUT2D eigenvalue weighted by atomic mass is 35.5. The molecule has 1 N–H and O–H groups in total. The summed E-state index contributed by atoms with van der Waals surface area (Å²) in [4.78, 5) is 36.6. The lowest BCUT2D eigenvalue weighted by Crippen LogP contribution is -2.44. The SMILES string of the molecule is CCOc1c(Cl)cc([C@@H]2C(C#N)=C(SCC(=O)OC)NC(=O)[C@H]2C(=O)OC)cc1Cl. The molecule has 2 atom stereocenters. The normalized spacial score (nSPS) is 18.3. The van der Waals surface area contributed by atoms with Crippen molar-refractivity contribution < 1.29 is 28.6 Å². The molecule has 0 aromatic heterocycles. The molecular weight excluding hydrogens is 455 g/mol. The van der Waals surface area contributed by atoms with Gasteiger partial charge in [0.05, 0.1) is 53.3 Å². The monoisotopic (exact) mass is 472 g/mol. The Kier molecular flexibility index (Phi) is 8.41. The minimum Gasteiger partial charge on any atom is -0.491 e. The molecule has 1 aliphatic rings. The standard InChI is InChI=1S/C19H18Cl2N2O6S/c1-4-29-16-11(20)5-9(6-12(16)21)14-10(7-22)18(30-8-13(24)27-2)23-17(25)15(14)19(26)28-3/h5-6,14-15H,4,8H2,1-3H3,(H,23,25)/t14-,15+/m1/s1. The van der Waals surface area contributed by atoms with Crippen molar-refractivity contribution >= 4 is 52.8 Å². The van der Waals surface area contributed by atoms with E-state index in [0.29, 0.717) is 12.2 Å². The van der Waals surface area contributed by atoms with Gasteiger partial charge < -0.3 is 19.5 Å². The predicted molar refractivity (Wildman–Crippen MR) is 111 cm³/mol. The maximum absolute atomic E-state index is 12.7. The fraction of sp³-hybridized carbons (Fsp3) is 0.368. The number of methoxy groups -OCH3 is 2. The quantitative estimate of drug-likeness (QED) is 0.475. The van der Waals surface area contributed by atoms with Crippen LogP contribution in [0.3, 0.4) is 0 Å². The number of benzene rings is 1. The van der Waals surface area contributed by atoms with Crippen LogP contribution in [-0.2, 0) is 23.9 Å². The van der Waals surface area contributed by atoms with Crippen molar-refractivity contribution in [1.29, 1.82) is 5.26 Å². The summed E-state index contributed by atoms with van der Waals surface area (Å²) in [5.41, 5.74) is 0.418. The summed E-state index contributed by atoms with van der Waals surface area (Å²) in [6.45, 7) is 2.09. The zero-order valence-corrected chi connectivity index (χ0v) is 18.6. The number of nitriles is 1. The van der Waals surface area contributed by atoms with E-state index in [2.05, 4.69) is 10.1 Å². The topological polar surface area (TPSA) is 115 Å². The van der Waals surface area contributed by atoms with Crippen LogP contribution in [0.1, 0.15) is 18.4 Å². The van der Waals surface area contributed by atoms with Gasteiger partial charge in [0.2, 0.25) is 5.91 Å². The third-order valence-corrected chi connectivity index (χ3v) is 5.77. The Morgan fingerprint density at radius 1 is 1.23 bits per heavy atom. The van der Waals surface area contributed by atoms with E-state index in [-0.39, 0.29) is 32.1 Å². The summed E-state index contributed by atoms with van der Waals surface area (Å²) >= 11 is 13.5. The van der Waals surface area contributed by atoms with Gasteiger partial charge in [0.25, 0.3) is 0 Å². The Hall–Kier alpha value is -2.41. The number of nitrogens with one attached hydrogen (secondary N) is 1. The second kappa shape index (κ2) is 10.6. The van der Waals surface area contributed by atoms with E-state index < -0.39 is 29.7 Å². The van der Waals surface area contributed by atoms with Crippen LogP contribution in [0.25, 0.3) is 0 Å². The van der Waals surface area contributed by atoms with E-state index in [1.54, 1.807) is 6.92 Å². The molecule has 1 aromatic carbocycles. The van der Waals surface area contributed by atoms with E-state index in [1.807, 2.05) is 6.07 Å². The number of rotatable bonds is 7. The second-order valence-electron chi connectivity index (χ2n) is 5.93. The van der Waals surface area contributed by atoms with Crippen LogP contribution in [0.5, 0.6) is 5.75 Å². The molecule has 1 aromatic rings. The summed E-state index contributed by atoms with van der Waals surface area (Å²) in [5.74, 6) is -4.32. The fourth-order valence-electron chi connectivity index (χ4n) is 2.91. The van der Waals surface area contributed by atoms with E-state index in [0.717, 1.165) is 18.9 Å². The highest BCUT2D eigenvalue weighted by Gasteiger charge is 2.44. The maximum atomic E-state index is 12.7. The van der Waals surface area contributed by atoms with Crippen LogP contribution in [-0.4, -0.2) is 44.4 Å². The first-order chi connectivity index (χ1) is 14.3. The first kappa shape index (κ1) is 23.9. The number of esters is 2. The minimum absolute atomic E-state index is 0.0650. The zero-order valence-electron chi connectivity index (χ0n) is 16.3. The van der Waals surface area contributed by atoms with Gasteiger partial charge in [-0.05, 0) is 24.6 Å². The number of thioether (sulfide) groups is 1. The molecule has 0 aliphatic carbocycles. The molecule has 0 fully saturated rings. The Bertz CT molecular complexity index is 920. The van der Waals surface area contributed by atoms with Gasteiger partial charge in [-0.2, -0.15) is 5.26 Å². The van der Waals surface area contributed by atoms with E-state index >= 15 is 0 Å². The van der Waals surface area contributed by atoms with Crippen LogP contribution in [0.2, 0.25) is 10.0 Å². The molecule has 0 saturated heterocycles. The summed E-state index contributed by atoms with van der Waals surface area (Å²) in [5, 5.41) is 12.8.